The summed E-state index contributed by atoms with van der Waals surface area (Å²) in [4.78, 5) is 11.6. The zero-order chi connectivity index (χ0) is 14.8. The van der Waals surface area contributed by atoms with E-state index in [-0.39, 0.29) is 17.8 Å². The van der Waals surface area contributed by atoms with Gasteiger partial charge in [0.1, 0.15) is 6.10 Å². The number of anilines is 1. The van der Waals surface area contributed by atoms with E-state index in [9.17, 15) is 18.0 Å². The van der Waals surface area contributed by atoms with Crippen LogP contribution in [0.1, 0.15) is 24.8 Å². The molecule has 1 aromatic carbocycles. The molecule has 0 saturated heterocycles. The van der Waals surface area contributed by atoms with Gasteiger partial charge in [0.15, 0.2) is 0 Å². The van der Waals surface area contributed by atoms with E-state index in [0.29, 0.717) is 12.8 Å². The van der Waals surface area contributed by atoms with Crippen LogP contribution in [0, 0.1) is 0 Å². The van der Waals surface area contributed by atoms with E-state index in [1.54, 1.807) is 0 Å². The molecule has 20 heavy (non-hydrogen) atoms. The first-order valence-corrected chi connectivity index (χ1v) is 6.25. The first-order chi connectivity index (χ1) is 9.34. The van der Waals surface area contributed by atoms with Crippen molar-refractivity contribution in [3.05, 3.63) is 29.8 Å². The van der Waals surface area contributed by atoms with E-state index >= 15 is 0 Å². The predicted octanol–water partition coefficient (Wildman–Crippen LogP) is 3.13. The molecule has 0 heterocycles. The maximum atomic E-state index is 12.4. The molecule has 3 N–H and O–H groups in total. The fourth-order valence-corrected chi connectivity index (χ4v) is 2.12. The molecular weight excluding hydrogens is 273 g/mol. The molecule has 110 valence electrons. The number of carbonyl (C=O) groups is 1. The SMILES string of the molecule is NC1CCC(OC(=O)Nc2ccc(C(F)(F)F)cc2)C1. The molecule has 2 rings (SSSR count). The average Bonchev–Trinajstić information content (AvgIpc) is 2.74. The number of hydrogen-bond donors (Lipinski definition) is 2. The van der Waals surface area contributed by atoms with Gasteiger partial charge in [-0.15, -0.1) is 0 Å². The van der Waals surface area contributed by atoms with Crippen LogP contribution in [0.5, 0.6) is 0 Å². The van der Waals surface area contributed by atoms with Crippen molar-refractivity contribution in [3.8, 4) is 0 Å². The van der Waals surface area contributed by atoms with Gasteiger partial charge >= 0.3 is 12.3 Å². The highest BCUT2D eigenvalue weighted by Gasteiger charge is 2.30. The maximum Gasteiger partial charge on any atom is 0.416 e. The van der Waals surface area contributed by atoms with E-state index in [2.05, 4.69) is 5.32 Å². The Bertz CT molecular complexity index is 473. The van der Waals surface area contributed by atoms with E-state index in [0.717, 1.165) is 18.6 Å². The largest absolute Gasteiger partial charge is 0.446 e. The molecule has 0 radical (unpaired) electrons. The monoisotopic (exact) mass is 288 g/mol. The molecule has 0 aromatic heterocycles. The molecule has 0 aliphatic heterocycles. The lowest BCUT2D eigenvalue weighted by Gasteiger charge is -2.13. The van der Waals surface area contributed by atoms with Gasteiger partial charge in [-0.1, -0.05) is 0 Å². The minimum absolute atomic E-state index is 0.0406. The molecular formula is C13H15F3N2O2. The number of alkyl halides is 3. The van der Waals surface area contributed by atoms with Gasteiger partial charge in [-0.3, -0.25) is 5.32 Å². The average molecular weight is 288 g/mol. The molecule has 1 aliphatic carbocycles. The molecule has 2 atom stereocenters. The Hall–Kier alpha value is -1.76. The van der Waals surface area contributed by atoms with Crippen LogP contribution in [0.25, 0.3) is 0 Å². The number of nitrogens with one attached hydrogen (secondary N) is 1. The molecule has 1 aliphatic rings. The topological polar surface area (TPSA) is 64.3 Å². The number of halogens is 3. The summed E-state index contributed by atoms with van der Waals surface area (Å²) in [6.45, 7) is 0. The normalized spacial score (nSPS) is 22.6. The second-order valence-corrected chi connectivity index (χ2v) is 4.80. The highest BCUT2D eigenvalue weighted by Crippen LogP contribution is 2.30. The van der Waals surface area contributed by atoms with Crippen LogP contribution in [-0.4, -0.2) is 18.2 Å². The van der Waals surface area contributed by atoms with Gasteiger partial charge in [0.05, 0.1) is 5.56 Å². The van der Waals surface area contributed by atoms with Crippen molar-refractivity contribution in [2.24, 2.45) is 5.73 Å². The van der Waals surface area contributed by atoms with Crippen molar-refractivity contribution in [1.29, 1.82) is 0 Å². The van der Waals surface area contributed by atoms with E-state index < -0.39 is 17.8 Å². The van der Waals surface area contributed by atoms with Crippen molar-refractivity contribution in [2.45, 2.75) is 37.6 Å². The van der Waals surface area contributed by atoms with Gasteiger partial charge in [0.25, 0.3) is 0 Å². The highest BCUT2D eigenvalue weighted by molar-refractivity contribution is 5.84. The standard InChI is InChI=1S/C13H15F3N2O2/c14-13(15,16)8-1-4-10(5-2-8)18-12(19)20-11-6-3-9(17)7-11/h1-2,4-5,9,11H,3,6-7,17H2,(H,18,19). The molecule has 1 fully saturated rings. The predicted molar refractivity (Wildman–Crippen MR) is 67.2 cm³/mol. The summed E-state index contributed by atoms with van der Waals surface area (Å²) >= 11 is 0. The zero-order valence-corrected chi connectivity index (χ0v) is 10.6. The first-order valence-electron chi connectivity index (χ1n) is 6.25. The molecule has 0 bridgehead atoms. The molecule has 4 nitrogen and oxygen atoms in total. The van der Waals surface area contributed by atoms with Crippen molar-refractivity contribution in [3.63, 3.8) is 0 Å². The van der Waals surface area contributed by atoms with Crippen molar-refractivity contribution in [1.82, 2.24) is 0 Å². The first kappa shape index (κ1) is 14.6. The molecule has 1 saturated carbocycles. The Morgan fingerprint density at radius 3 is 2.40 bits per heavy atom. The highest BCUT2D eigenvalue weighted by atomic mass is 19.4. The third-order valence-electron chi connectivity index (χ3n) is 3.16. The zero-order valence-electron chi connectivity index (χ0n) is 10.6. The number of hydrogen-bond acceptors (Lipinski definition) is 3. The van der Waals surface area contributed by atoms with Gasteiger partial charge in [0, 0.05) is 11.7 Å². The summed E-state index contributed by atoms with van der Waals surface area (Å²) in [7, 11) is 0. The Labute approximate surface area is 114 Å². The summed E-state index contributed by atoms with van der Waals surface area (Å²) in [6.07, 6.45) is -3.16. The van der Waals surface area contributed by atoms with Crippen LogP contribution in [0.15, 0.2) is 24.3 Å². The minimum Gasteiger partial charge on any atom is -0.446 e. The van der Waals surface area contributed by atoms with Gasteiger partial charge in [-0.05, 0) is 43.5 Å². The summed E-state index contributed by atoms with van der Waals surface area (Å²) in [5.74, 6) is 0. The van der Waals surface area contributed by atoms with Gasteiger partial charge in [0.2, 0.25) is 0 Å². The smallest absolute Gasteiger partial charge is 0.416 e. The van der Waals surface area contributed by atoms with Crippen LogP contribution in [-0.2, 0) is 10.9 Å². The summed E-state index contributed by atoms with van der Waals surface area (Å²) in [6, 6.07) is 4.22. The van der Waals surface area contributed by atoms with E-state index in [1.165, 1.54) is 12.1 Å². The van der Waals surface area contributed by atoms with Crippen LogP contribution < -0.4 is 11.1 Å². The van der Waals surface area contributed by atoms with Crippen LogP contribution >= 0.6 is 0 Å². The minimum atomic E-state index is -4.39. The number of rotatable bonds is 2. The van der Waals surface area contributed by atoms with Crippen molar-refractivity contribution in [2.75, 3.05) is 5.32 Å². The van der Waals surface area contributed by atoms with Crippen LogP contribution in [0.3, 0.4) is 0 Å². The van der Waals surface area contributed by atoms with Crippen molar-refractivity contribution >= 4 is 11.8 Å². The molecule has 7 heteroatoms. The van der Waals surface area contributed by atoms with E-state index in [1.807, 2.05) is 0 Å². The lowest BCUT2D eigenvalue weighted by molar-refractivity contribution is -0.137. The van der Waals surface area contributed by atoms with Gasteiger partial charge < -0.3 is 10.5 Å². The molecule has 1 aromatic rings. The fourth-order valence-electron chi connectivity index (χ4n) is 2.12. The second-order valence-electron chi connectivity index (χ2n) is 4.80. The molecule has 1 amide bonds. The third kappa shape index (κ3) is 3.86. The van der Waals surface area contributed by atoms with E-state index in [4.69, 9.17) is 10.5 Å². The fraction of sp³-hybridized carbons (Fsp3) is 0.462. The lowest BCUT2D eigenvalue weighted by Crippen LogP contribution is -2.22. The summed E-state index contributed by atoms with van der Waals surface area (Å²) < 4.78 is 42.2. The number of nitrogens with two attached hydrogens (primary N) is 1. The lowest BCUT2D eigenvalue weighted by atomic mass is 10.2. The third-order valence-corrected chi connectivity index (χ3v) is 3.16. The number of carbonyl (C=O) groups excluding carboxylic acids is 1. The van der Waals surface area contributed by atoms with Crippen LogP contribution in [0.2, 0.25) is 0 Å². The van der Waals surface area contributed by atoms with Crippen LogP contribution in [0.4, 0.5) is 23.7 Å². The number of ether oxygens (including phenoxy) is 1. The maximum absolute atomic E-state index is 12.4. The molecule has 2 unspecified atom stereocenters. The molecule has 0 spiro atoms. The quantitative estimate of drug-likeness (QED) is 0.878. The summed E-state index contributed by atoms with van der Waals surface area (Å²) in [5, 5.41) is 2.39. The second kappa shape index (κ2) is 5.70. The summed E-state index contributed by atoms with van der Waals surface area (Å²) in [5.41, 5.74) is 5.18. The Morgan fingerprint density at radius 2 is 1.90 bits per heavy atom. The number of amides is 1. The number of benzene rings is 1. The van der Waals surface area contributed by atoms with Gasteiger partial charge in [-0.2, -0.15) is 13.2 Å². The van der Waals surface area contributed by atoms with Crippen molar-refractivity contribution < 1.29 is 22.7 Å². The Morgan fingerprint density at radius 1 is 1.25 bits per heavy atom. The van der Waals surface area contributed by atoms with Gasteiger partial charge in [-0.25, -0.2) is 4.79 Å². The Kier molecular flexibility index (Phi) is 4.17. The Balaban J connectivity index is 1.88.